The van der Waals surface area contributed by atoms with Crippen molar-refractivity contribution in [2.45, 2.75) is 20.4 Å². The summed E-state index contributed by atoms with van der Waals surface area (Å²) in [6.45, 7) is 4.49. The Balaban J connectivity index is 1.69. The SMILES string of the molecule is Cc1cc(-c2ncc(Cn3nc(C(N)=O)cc3-c3ccccc3)cc2C)ccn1. The molecule has 0 unspecified atom stereocenters. The van der Waals surface area contributed by atoms with E-state index in [0.717, 1.165) is 39.3 Å². The largest absolute Gasteiger partial charge is 0.364 e. The summed E-state index contributed by atoms with van der Waals surface area (Å²) in [5.74, 6) is -0.543. The topological polar surface area (TPSA) is 86.7 Å². The second kappa shape index (κ2) is 7.67. The Labute approximate surface area is 169 Å². The van der Waals surface area contributed by atoms with Gasteiger partial charge in [0.15, 0.2) is 5.69 Å². The summed E-state index contributed by atoms with van der Waals surface area (Å²) in [4.78, 5) is 20.6. The maximum atomic E-state index is 11.7. The molecule has 3 aromatic heterocycles. The van der Waals surface area contributed by atoms with Gasteiger partial charge in [0.2, 0.25) is 0 Å². The number of carbonyl (C=O) groups excluding carboxylic acids is 1. The van der Waals surface area contributed by atoms with Gasteiger partial charge < -0.3 is 5.73 Å². The summed E-state index contributed by atoms with van der Waals surface area (Å²) in [7, 11) is 0. The van der Waals surface area contributed by atoms with E-state index in [0.29, 0.717) is 6.54 Å². The summed E-state index contributed by atoms with van der Waals surface area (Å²) in [6, 6.07) is 17.6. The lowest BCUT2D eigenvalue weighted by Gasteiger charge is -2.11. The Morgan fingerprint density at radius 2 is 1.79 bits per heavy atom. The predicted molar refractivity (Wildman–Crippen MR) is 112 cm³/mol. The van der Waals surface area contributed by atoms with Gasteiger partial charge in [0.05, 0.1) is 17.9 Å². The molecule has 0 saturated heterocycles. The first kappa shape index (κ1) is 18.6. The minimum atomic E-state index is -0.543. The standard InChI is InChI=1S/C23H21N5O/c1-15-10-17(13-26-22(15)19-8-9-25-16(2)11-19)14-28-21(12-20(27-28)23(24)29)18-6-4-3-5-7-18/h3-13H,14H2,1-2H3,(H2,24,29). The van der Waals surface area contributed by atoms with Gasteiger partial charge in [-0.1, -0.05) is 36.4 Å². The number of hydrogen-bond acceptors (Lipinski definition) is 4. The van der Waals surface area contributed by atoms with Crippen molar-refractivity contribution in [3.05, 3.63) is 89.5 Å². The highest BCUT2D eigenvalue weighted by molar-refractivity contribution is 5.92. The van der Waals surface area contributed by atoms with E-state index in [1.54, 1.807) is 16.9 Å². The van der Waals surface area contributed by atoms with E-state index in [1.165, 1.54) is 0 Å². The number of rotatable bonds is 5. The minimum absolute atomic E-state index is 0.248. The highest BCUT2D eigenvalue weighted by Gasteiger charge is 2.14. The van der Waals surface area contributed by atoms with Gasteiger partial charge >= 0.3 is 0 Å². The van der Waals surface area contributed by atoms with Gasteiger partial charge in [0.1, 0.15) is 0 Å². The van der Waals surface area contributed by atoms with Crippen molar-refractivity contribution in [1.29, 1.82) is 0 Å². The molecule has 0 aliphatic rings. The van der Waals surface area contributed by atoms with E-state index in [-0.39, 0.29) is 5.69 Å². The Bertz CT molecular complexity index is 1180. The highest BCUT2D eigenvalue weighted by Crippen LogP contribution is 2.24. The van der Waals surface area contributed by atoms with Crippen LogP contribution in [-0.2, 0) is 6.54 Å². The average molecular weight is 383 g/mol. The summed E-state index contributed by atoms with van der Waals surface area (Å²) in [5.41, 5.74) is 12.5. The number of nitrogens with zero attached hydrogens (tertiary/aromatic N) is 4. The Morgan fingerprint density at radius 1 is 1.00 bits per heavy atom. The van der Waals surface area contributed by atoms with Crippen molar-refractivity contribution >= 4 is 5.91 Å². The third-order valence-electron chi connectivity index (χ3n) is 4.74. The Morgan fingerprint density at radius 3 is 2.48 bits per heavy atom. The third-order valence-corrected chi connectivity index (χ3v) is 4.74. The number of aryl methyl sites for hydroxylation is 2. The molecular weight excluding hydrogens is 362 g/mol. The molecular formula is C23H21N5O. The molecule has 0 bridgehead atoms. The average Bonchev–Trinajstić information content (AvgIpc) is 3.13. The van der Waals surface area contributed by atoms with Gasteiger partial charge in [-0.3, -0.25) is 19.4 Å². The molecule has 3 heterocycles. The van der Waals surface area contributed by atoms with Crippen molar-refractivity contribution in [2.75, 3.05) is 0 Å². The van der Waals surface area contributed by atoms with Crippen LogP contribution in [0.2, 0.25) is 0 Å². The molecule has 4 aromatic rings. The number of pyridine rings is 2. The third kappa shape index (κ3) is 3.91. The molecule has 0 atom stereocenters. The van der Waals surface area contributed by atoms with Crippen LogP contribution < -0.4 is 5.73 Å². The smallest absolute Gasteiger partial charge is 0.269 e. The quantitative estimate of drug-likeness (QED) is 0.568. The maximum absolute atomic E-state index is 11.7. The molecule has 0 aliphatic heterocycles. The summed E-state index contributed by atoms with van der Waals surface area (Å²) in [5, 5.41) is 4.41. The van der Waals surface area contributed by atoms with Gasteiger partial charge in [-0.2, -0.15) is 5.10 Å². The molecule has 0 spiro atoms. The number of benzene rings is 1. The highest BCUT2D eigenvalue weighted by atomic mass is 16.1. The minimum Gasteiger partial charge on any atom is -0.364 e. The Kier molecular flexibility index (Phi) is 4.91. The monoisotopic (exact) mass is 383 g/mol. The van der Waals surface area contributed by atoms with Gasteiger partial charge in [-0.25, -0.2) is 0 Å². The number of primary amides is 1. The fourth-order valence-corrected chi connectivity index (χ4v) is 3.39. The van der Waals surface area contributed by atoms with Crippen LogP contribution in [0.1, 0.15) is 27.3 Å². The number of aromatic nitrogens is 4. The van der Waals surface area contributed by atoms with Gasteiger partial charge in [-0.15, -0.1) is 0 Å². The lowest BCUT2D eigenvalue weighted by molar-refractivity contribution is 0.0995. The zero-order valence-corrected chi connectivity index (χ0v) is 16.3. The van der Waals surface area contributed by atoms with Gasteiger partial charge in [-0.05, 0) is 48.7 Å². The van der Waals surface area contributed by atoms with Crippen molar-refractivity contribution < 1.29 is 4.79 Å². The van der Waals surface area contributed by atoms with Crippen LogP contribution in [-0.4, -0.2) is 25.7 Å². The molecule has 6 nitrogen and oxygen atoms in total. The zero-order valence-electron chi connectivity index (χ0n) is 16.3. The van der Waals surface area contributed by atoms with Crippen LogP contribution in [0, 0.1) is 13.8 Å². The van der Waals surface area contributed by atoms with Crippen LogP contribution in [0.4, 0.5) is 0 Å². The maximum Gasteiger partial charge on any atom is 0.269 e. The predicted octanol–water partition coefficient (Wildman–Crippen LogP) is 3.77. The van der Waals surface area contributed by atoms with E-state index in [9.17, 15) is 4.79 Å². The normalized spacial score (nSPS) is 10.8. The summed E-state index contributed by atoms with van der Waals surface area (Å²) >= 11 is 0. The van der Waals surface area contributed by atoms with Crippen LogP contribution in [0.3, 0.4) is 0 Å². The molecule has 6 heteroatoms. The number of amides is 1. The van der Waals surface area contributed by atoms with Crippen LogP contribution >= 0.6 is 0 Å². The van der Waals surface area contributed by atoms with E-state index >= 15 is 0 Å². The molecule has 144 valence electrons. The molecule has 4 rings (SSSR count). The molecule has 0 saturated carbocycles. The molecule has 0 radical (unpaired) electrons. The second-order valence-corrected chi connectivity index (χ2v) is 7.00. The Hall–Kier alpha value is -3.80. The molecule has 0 fully saturated rings. The molecule has 1 amide bonds. The van der Waals surface area contributed by atoms with E-state index < -0.39 is 5.91 Å². The summed E-state index contributed by atoms with van der Waals surface area (Å²) in [6.07, 6.45) is 3.64. The summed E-state index contributed by atoms with van der Waals surface area (Å²) < 4.78 is 1.79. The van der Waals surface area contributed by atoms with Crippen molar-refractivity contribution in [3.63, 3.8) is 0 Å². The number of hydrogen-bond donors (Lipinski definition) is 1. The first-order chi connectivity index (χ1) is 14.0. The van der Waals surface area contributed by atoms with Crippen LogP contribution in [0.25, 0.3) is 22.5 Å². The van der Waals surface area contributed by atoms with Crippen molar-refractivity contribution in [1.82, 2.24) is 19.7 Å². The molecule has 29 heavy (non-hydrogen) atoms. The van der Waals surface area contributed by atoms with Crippen LogP contribution in [0.15, 0.2) is 67.0 Å². The van der Waals surface area contributed by atoms with E-state index in [2.05, 4.69) is 21.1 Å². The van der Waals surface area contributed by atoms with Gasteiger partial charge in [0, 0.05) is 23.7 Å². The molecule has 0 aliphatic carbocycles. The lowest BCUT2D eigenvalue weighted by Crippen LogP contribution is -2.13. The second-order valence-electron chi connectivity index (χ2n) is 7.00. The van der Waals surface area contributed by atoms with Crippen molar-refractivity contribution in [3.8, 4) is 22.5 Å². The number of nitrogens with two attached hydrogens (primary N) is 1. The number of carbonyl (C=O) groups is 1. The fraction of sp³-hybridized carbons (Fsp3) is 0.130. The van der Waals surface area contributed by atoms with Crippen molar-refractivity contribution in [2.24, 2.45) is 5.73 Å². The fourth-order valence-electron chi connectivity index (χ4n) is 3.39. The molecule has 2 N–H and O–H groups in total. The van der Waals surface area contributed by atoms with E-state index in [4.69, 9.17) is 5.73 Å². The first-order valence-electron chi connectivity index (χ1n) is 9.33. The van der Waals surface area contributed by atoms with Gasteiger partial charge in [0.25, 0.3) is 5.91 Å². The zero-order chi connectivity index (χ0) is 20.4. The lowest BCUT2D eigenvalue weighted by atomic mass is 10.1. The molecule has 1 aromatic carbocycles. The van der Waals surface area contributed by atoms with E-state index in [1.807, 2.05) is 62.5 Å². The van der Waals surface area contributed by atoms with Crippen LogP contribution in [0.5, 0.6) is 0 Å². The first-order valence-corrected chi connectivity index (χ1v) is 9.33.